The van der Waals surface area contributed by atoms with Crippen LogP contribution in [-0.2, 0) is 81.6 Å². The molecule has 0 spiro atoms. The lowest BCUT2D eigenvalue weighted by Gasteiger charge is -2.20. The molecule has 0 atom stereocenters. The minimum atomic E-state index is 0.166. The molecule has 15 aromatic rings. The molecule has 0 N–H and O–H groups in total. The standard InChI is InChI=1S/C25H32N.2C23H28N.C22H26N.C21H24N/c1-8-18-14-19(9-2)17(3)23(15-18)24-22-11-10-21(25(4,5)6)16-20(22)12-13-26(24)7;1-15-12-16(2)17(3)21(13-15)22-20-9-8-19(23(4,5)6)14-18(20)10-11-24(22)7;1-7-17-9-8-16(2)21(14-17)22-20-11-10-19(23(3,4)5)15-18(20)12-13-24(22)6;1-15-7-8-16(2)20(13-15)21-19-10-9-18(22(3,4)5)14-17(19)11-12-23(21)6;1-15-8-6-7-9-18(15)20-19-11-10-17(21(2,3)4)14-16(19)12-13-22(20)5/h10-16H,8-9H2,1-7H3;8-14H,1-7H3;8-15H,7H2,1-6H3;7-14H,1-6H3;6-14H,1-5H3/q5*+1. The van der Waals surface area contributed by atoms with Crippen LogP contribution in [0.25, 0.3) is 110 Å². The molecule has 119 heavy (non-hydrogen) atoms. The first-order chi connectivity index (χ1) is 55.9. The van der Waals surface area contributed by atoms with Gasteiger partial charge in [-0.1, -0.05) is 251 Å². The Hall–Kier alpha value is -10.8. The lowest BCUT2D eigenvalue weighted by atomic mass is 9.85. The number of pyridine rings is 5. The molecule has 15 rings (SSSR count). The van der Waals surface area contributed by atoms with Gasteiger partial charge in [-0.3, -0.25) is 0 Å². The van der Waals surface area contributed by atoms with Crippen molar-refractivity contribution >= 4 is 53.9 Å². The molecule has 0 radical (unpaired) electrons. The van der Waals surface area contributed by atoms with Crippen molar-refractivity contribution in [2.75, 3.05) is 0 Å². The molecular weight excluding hydrogens is 1440 g/mol. The Bertz CT molecular complexity index is 6280. The van der Waals surface area contributed by atoms with Gasteiger partial charge in [-0.2, -0.15) is 0 Å². The molecule has 5 heterocycles. The summed E-state index contributed by atoms with van der Waals surface area (Å²) in [6.45, 7) is 58.4. The summed E-state index contributed by atoms with van der Waals surface area (Å²) >= 11 is 0. The molecule has 5 nitrogen and oxygen atoms in total. The van der Waals surface area contributed by atoms with E-state index in [1.54, 1.807) is 0 Å². The van der Waals surface area contributed by atoms with Crippen LogP contribution < -0.4 is 22.8 Å². The minimum Gasteiger partial charge on any atom is -0.200 e. The van der Waals surface area contributed by atoms with Gasteiger partial charge in [0.05, 0.1) is 38.1 Å². The number of fused-ring (bicyclic) bond motifs is 5. The van der Waals surface area contributed by atoms with Crippen molar-refractivity contribution in [3.05, 3.63) is 326 Å². The Balaban J connectivity index is 0.000000146. The third kappa shape index (κ3) is 19.9. The number of hydrogen-bond donors (Lipinski definition) is 0. The Morgan fingerprint density at radius 1 is 0.227 bits per heavy atom. The van der Waals surface area contributed by atoms with Gasteiger partial charge in [0.2, 0.25) is 28.5 Å². The second-order valence-electron chi connectivity index (χ2n) is 39.2. The molecule has 0 aliphatic carbocycles. The van der Waals surface area contributed by atoms with Crippen LogP contribution in [0.2, 0.25) is 0 Å². The Morgan fingerprint density at radius 3 is 0.857 bits per heavy atom. The van der Waals surface area contributed by atoms with Gasteiger partial charge in [0.1, 0.15) is 35.2 Å². The quantitative estimate of drug-likeness (QED) is 0.135. The zero-order chi connectivity index (χ0) is 86.9. The molecule has 0 aliphatic heterocycles. The van der Waals surface area contributed by atoms with Gasteiger partial charge in [0, 0.05) is 47.0 Å². The predicted octanol–water partition coefficient (Wildman–Crippen LogP) is 27.3. The van der Waals surface area contributed by atoms with Crippen LogP contribution in [0.1, 0.15) is 214 Å². The monoisotopic (exact) mass is 1580 g/mol. The normalized spacial score (nSPS) is 11.9. The first kappa shape index (κ1) is 89.0. The van der Waals surface area contributed by atoms with Gasteiger partial charge in [-0.05, 0) is 267 Å². The lowest BCUT2D eigenvalue weighted by molar-refractivity contribution is -0.659. The van der Waals surface area contributed by atoms with E-state index in [1.165, 1.54) is 199 Å². The highest BCUT2D eigenvalue weighted by Crippen LogP contribution is 2.40. The highest BCUT2D eigenvalue weighted by molar-refractivity contribution is 5.98. The van der Waals surface area contributed by atoms with Crippen LogP contribution in [0.5, 0.6) is 0 Å². The molecule has 0 saturated carbocycles. The van der Waals surface area contributed by atoms with E-state index in [4.69, 9.17) is 0 Å². The fourth-order valence-corrected chi connectivity index (χ4v) is 16.8. The molecule has 0 unspecified atom stereocenters. The van der Waals surface area contributed by atoms with E-state index in [0.29, 0.717) is 0 Å². The van der Waals surface area contributed by atoms with E-state index >= 15 is 0 Å². The van der Waals surface area contributed by atoms with Gasteiger partial charge in [0.25, 0.3) is 0 Å². The van der Waals surface area contributed by atoms with Gasteiger partial charge in [-0.25, -0.2) is 22.8 Å². The summed E-state index contributed by atoms with van der Waals surface area (Å²) in [7, 11) is 10.7. The summed E-state index contributed by atoms with van der Waals surface area (Å²) in [5.41, 5.74) is 35.9. The first-order valence-electron chi connectivity index (χ1n) is 43.5. The number of nitrogens with zero attached hydrogens (tertiary/aromatic N) is 5. The van der Waals surface area contributed by atoms with E-state index in [0.717, 1.165) is 19.3 Å². The van der Waals surface area contributed by atoms with Gasteiger partial charge >= 0.3 is 0 Å². The predicted molar refractivity (Wildman–Crippen MR) is 512 cm³/mol. The summed E-state index contributed by atoms with van der Waals surface area (Å²) in [5.74, 6) is 0. The smallest absolute Gasteiger partial charge is 0.200 e. The van der Waals surface area contributed by atoms with Crippen LogP contribution in [0.15, 0.2) is 237 Å². The van der Waals surface area contributed by atoms with E-state index in [2.05, 4.69) is 475 Å². The largest absolute Gasteiger partial charge is 0.220 e. The SMILES string of the molecule is CCc1cc(CC)c(C)c(-c2c3ccc(C(C)(C)C)cc3cc[n+]2C)c1.CCc1ccc(C)c(-c2c3ccc(C(C)(C)C)cc3cc[n+]2C)c1.Cc1cc(C)c(C)c(-c2c3ccc(C(C)(C)C)cc3cc[n+]2C)c1.Cc1ccc(C)c(-c2c3ccc(C(C)(C)C)cc3cc[n+]2C)c1.Cc1ccccc1-c1c2ccc(C(C)(C)C)cc2cc[n+]1C. The number of rotatable bonds is 8. The molecule has 614 valence electrons. The van der Waals surface area contributed by atoms with Crippen molar-refractivity contribution in [1.29, 1.82) is 0 Å². The maximum Gasteiger partial charge on any atom is 0.220 e. The zero-order valence-electron chi connectivity index (χ0n) is 78.4. The van der Waals surface area contributed by atoms with E-state index in [9.17, 15) is 0 Å². The fraction of sp³-hybridized carbons (Fsp3) is 0.342. The minimum absolute atomic E-state index is 0.166. The Labute approximate surface area is 716 Å². The number of aryl methyl sites for hydroxylation is 14. The highest BCUT2D eigenvalue weighted by Gasteiger charge is 2.28. The molecule has 5 heteroatoms. The highest BCUT2D eigenvalue weighted by atomic mass is 14.9. The summed E-state index contributed by atoms with van der Waals surface area (Å²) in [5, 5.41) is 13.2. The molecule has 0 bridgehead atoms. The summed E-state index contributed by atoms with van der Waals surface area (Å²) in [6.07, 6.45) is 14.1. The molecular formula is C114H138N5+5. The zero-order valence-corrected chi connectivity index (χ0v) is 78.4. The van der Waals surface area contributed by atoms with Gasteiger partial charge in [-0.15, -0.1) is 0 Å². The first-order valence-corrected chi connectivity index (χ1v) is 43.5. The summed E-state index contributed by atoms with van der Waals surface area (Å²) in [4.78, 5) is 0. The fourth-order valence-electron chi connectivity index (χ4n) is 16.8. The Kier molecular flexibility index (Phi) is 26.7. The maximum atomic E-state index is 2.39. The van der Waals surface area contributed by atoms with E-state index in [1.807, 2.05) is 0 Å². The van der Waals surface area contributed by atoms with Crippen molar-refractivity contribution in [3.8, 4) is 56.3 Å². The second-order valence-corrected chi connectivity index (χ2v) is 39.2. The van der Waals surface area contributed by atoms with Crippen LogP contribution in [0, 0.1) is 55.4 Å². The van der Waals surface area contributed by atoms with Crippen LogP contribution in [-0.4, -0.2) is 0 Å². The summed E-state index contributed by atoms with van der Waals surface area (Å²) < 4.78 is 11.2. The number of hydrogen-bond acceptors (Lipinski definition) is 0. The van der Waals surface area contributed by atoms with Crippen LogP contribution >= 0.6 is 0 Å². The van der Waals surface area contributed by atoms with Crippen LogP contribution in [0.3, 0.4) is 0 Å². The molecule has 5 aromatic heterocycles. The average molecular weight is 1580 g/mol. The van der Waals surface area contributed by atoms with E-state index in [-0.39, 0.29) is 27.1 Å². The van der Waals surface area contributed by atoms with Crippen LogP contribution in [0.4, 0.5) is 0 Å². The van der Waals surface area contributed by atoms with Gasteiger partial charge in [0.15, 0.2) is 31.0 Å². The van der Waals surface area contributed by atoms with Crippen molar-refractivity contribution in [3.63, 3.8) is 0 Å². The number of benzene rings is 10. The topological polar surface area (TPSA) is 19.4 Å². The van der Waals surface area contributed by atoms with Gasteiger partial charge < -0.3 is 0 Å². The third-order valence-corrected chi connectivity index (χ3v) is 24.7. The third-order valence-electron chi connectivity index (χ3n) is 24.7. The molecule has 0 saturated heterocycles. The van der Waals surface area contributed by atoms with E-state index < -0.39 is 0 Å². The maximum absolute atomic E-state index is 2.39. The van der Waals surface area contributed by atoms with Crippen molar-refractivity contribution in [2.45, 2.75) is 226 Å². The number of aromatic nitrogens is 5. The molecule has 0 aliphatic rings. The average Bonchev–Trinajstić information content (AvgIpc) is 0.806. The lowest BCUT2D eigenvalue weighted by Crippen LogP contribution is -2.31. The molecule has 10 aromatic carbocycles. The second kappa shape index (κ2) is 35.7. The van der Waals surface area contributed by atoms with Crippen molar-refractivity contribution in [2.24, 2.45) is 35.2 Å². The molecule has 0 fully saturated rings. The Morgan fingerprint density at radius 2 is 0.521 bits per heavy atom. The molecule has 0 amide bonds. The van der Waals surface area contributed by atoms with Crippen molar-refractivity contribution in [1.82, 2.24) is 0 Å². The van der Waals surface area contributed by atoms with Crippen molar-refractivity contribution < 1.29 is 22.8 Å². The summed E-state index contributed by atoms with van der Waals surface area (Å²) in [6, 6.07) is 77.2.